The van der Waals surface area contributed by atoms with Crippen LogP contribution < -0.4 is 5.32 Å². The van der Waals surface area contributed by atoms with E-state index < -0.39 is 15.8 Å². The molecule has 2 saturated heterocycles. The standard InChI is InChI=1S/C16H30F2N4O2S.HI/c1-3-19-16(21-8-4-13(2)5-9-21)20-12-14-6-10-22(11-7-14)25(23,24)15(17)18;/h13-15H,3-12H2,1-2H3,(H,19,20);1H. The molecule has 26 heavy (non-hydrogen) atoms. The predicted octanol–water partition coefficient (Wildman–Crippen LogP) is 2.57. The van der Waals surface area contributed by atoms with Gasteiger partial charge in [-0.15, -0.1) is 24.0 Å². The van der Waals surface area contributed by atoms with Gasteiger partial charge in [0.2, 0.25) is 0 Å². The predicted molar refractivity (Wildman–Crippen MR) is 111 cm³/mol. The molecule has 6 nitrogen and oxygen atoms in total. The number of nitrogens with one attached hydrogen (secondary N) is 1. The number of nitrogens with zero attached hydrogens (tertiary/aromatic N) is 3. The van der Waals surface area contributed by atoms with Crippen LogP contribution in [-0.2, 0) is 10.0 Å². The molecular weight excluding hydrogens is 477 g/mol. The van der Waals surface area contributed by atoms with Gasteiger partial charge in [0.15, 0.2) is 5.96 Å². The number of rotatable bonds is 5. The Hall–Kier alpha value is -0.230. The van der Waals surface area contributed by atoms with E-state index in [-0.39, 0.29) is 43.0 Å². The fourth-order valence-corrected chi connectivity index (χ4v) is 4.27. The Balaban J connectivity index is 0.00000338. The summed E-state index contributed by atoms with van der Waals surface area (Å²) in [5.41, 5.74) is 0. The van der Waals surface area contributed by atoms with Crippen molar-refractivity contribution in [2.75, 3.05) is 39.3 Å². The summed E-state index contributed by atoms with van der Waals surface area (Å²) < 4.78 is 49.1. The molecule has 0 aromatic rings. The first-order valence-corrected chi connectivity index (χ1v) is 10.6. The highest BCUT2D eigenvalue weighted by atomic mass is 127. The van der Waals surface area contributed by atoms with E-state index in [1.165, 1.54) is 0 Å². The number of piperidine rings is 2. The van der Waals surface area contributed by atoms with Crippen molar-refractivity contribution in [1.29, 1.82) is 0 Å². The Bertz CT molecular complexity index is 546. The van der Waals surface area contributed by atoms with Gasteiger partial charge in [-0.3, -0.25) is 4.99 Å². The Kier molecular flexibility index (Phi) is 10.0. The highest BCUT2D eigenvalue weighted by Crippen LogP contribution is 2.23. The number of hydrogen-bond acceptors (Lipinski definition) is 3. The summed E-state index contributed by atoms with van der Waals surface area (Å²) in [6.07, 6.45) is 3.47. The molecule has 10 heteroatoms. The Labute approximate surface area is 172 Å². The first-order chi connectivity index (χ1) is 11.8. The fourth-order valence-electron chi connectivity index (χ4n) is 3.32. The van der Waals surface area contributed by atoms with Crippen molar-refractivity contribution < 1.29 is 17.2 Å². The van der Waals surface area contributed by atoms with Crippen LogP contribution in [0.25, 0.3) is 0 Å². The molecule has 0 radical (unpaired) electrons. The third kappa shape index (κ3) is 6.43. The average molecular weight is 508 g/mol. The molecule has 2 aliphatic heterocycles. The third-order valence-corrected chi connectivity index (χ3v) is 6.61. The van der Waals surface area contributed by atoms with Gasteiger partial charge in [0, 0.05) is 39.3 Å². The summed E-state index contributed by atoms with van der Waals surface area (Å²) in [6, 6.07) is 0. The number of aliphatic imine (C=N–C) groups is 1. The zero-order valence-corrected chi connectivity index (χ0v) is 18.7. The number of hydrogen-bond donors (Lipinski definition) is 1. The van der Waals surface area contributed by atoms with Crippen molar-refractivity contribution in [1.82, 2.24) is 14.5 Å². The molecule has 0 aromatic carbocycles. The highest BCUT2D eigenvalue weighted by molar-refractivity contribution is 14.0. The zero-order valence-electron chi connectivity index (χ0n) is 15.5. The number of likely N-dealkylation sites (tertiary alicyclic amines) is 1. The summed E-state index contributed by atoms with van der Waals surface area (Å²) in [5.74, 6) is -1.43. The Morgan fingerprint density at radius 2 is 1.73 bits per heavy atom. The van der Waals surface area contributed by atoms with Gasteiger partial charge in [-0.05, 0) is 44.4 Å². The van der Waals surface area contributed by atoms with E-state index in [0.717, 1.165) is 48.7 Å². The van der Waals surface area contributed by atoms with Crippen molar-refractivity contribution in [3.05, 3.63) is 0 Å². The molecule has 2 aliphatic rings. The van der Waals surface area contributed by atoms with Gasteiger partial charge in [-0.1, -0.05) is 6.92 Å². The summed E-state index contributed by atoms with van der Waals surface area (Å²) >= 11 is 0. The SMILES string of the molecule is CCNC(=NCC1CCN(S(=O)(=O)C(F)F)CC1)N1CCC(C)CC1.I. The second-order valence-corrected chi connectivity index (χ2v) is 8.91. The molecule has 0 aromatic heterocycles. The molecule has 2 rings (SSSR count). The lowest BCUT2D eigenvalue weighted by molar-refractivity contribution is 0.204. The molecule has 0 bridgehead atoms. The van der Waals surface area contributed by atoms with E-state index >= 15 is 0 Å². The van der Waals surface area contributed by atoms with Gasteiger partial charge < -0.3 is 10.2 Å². The second kappa shape index (κ2) is 10.9. The van der Waals surface area contributed by atoms with Crippen LogP contribution in [0.4, 0.5) is 8.78 Å². The van der Waals surface area contributed by atoms with Crippen LogP contribution in [0.1, 0.15) is 39.5 Å². The maximum absolute atomic E-state index is 12.6. The van der Waals surface area contributed by atoms with Gasteiger partial charge in [0.05, 0.1) is 0 Å². The first kappa shape index (κ1) is 23.8. The van der Waals surface area contributed by atoms with Crippen LogP contribution in [0, 0.1) is 11.8 Å². The van der Waals surface area contributed by atoms with E-state index in [1.807, 2.05) is 6.92 Å². The largest absolute Gasteiger partial charge is 0.357 e. The van der Waals surface area contributed by atoms with Crippen LogP contribution in [0.3, 0.4) is 0 Å². The van der Waals surface area contributed by atoms with Gasteiger partial charge in [0.25, 0.3) is 10.0 Å². The van der Waals surface area contributed by atoms with Crippen LogP contribution in [0.5, 0.6) is 0 Å². The topological polar surface area (TPSA) is 65.0 Å². The normalized spacial score (nSPS) is 21.7. The summed E-state index contributed by atoms with van der Waals surface area (Å²) in [7, 11) is -4.44. The second-order valence-electron chi connectivity index (χ2n) is 7.01. The lowest BCUT2D eigenvalue weighted by atomic mass is 9.98. The molecule has 0 unspecified atom stereocenters. The van der Waals surface area contributed by atoms with Crippen LogP contribution >= 0.6 is 24.0 Å². The highest BCUT2D eigenvalue weighted by Gasteiger charge is 2.34. The van der Waals surface area contributed by atoms with E-state index in [1.54, 1.807) is 0 Å². The molecule has 1 N–H and O–H groups in total. The number of alkyl halides is 2. The van der Waals surface area contributed by atoms with Crippen molar-refractivity contribution in [2.45, 2.75) is 45.3 Å². The number of halogens is 3. The maximum Gasteiger partial charge on any atom is 0.350 e. The van der Waals surface area contributed by atoms with Gasteiger partial charge in [-0.25, -0.2) is 8.42 Å². The Morgan fingerprint density at radius 1 is 1.15 bits per heavy atom. The molecule has 0 saturated carbocycles. The van der Waals surface area contributed by atoms with Gasteiger partial charge in [0.1, 0.15) is 0 Å². The zero-order chi connectivity index (χ0) is 18.4. The minimum Gasteiger partial charge on any atom is -0.357 e. The van der Waals surface area contributed by atoms with Crippen LogP contribution in [0.2, 0.25) is 0 Å². The summed E-state index contributed by atoms with van der Waals surface area (Å²) in [4.78, 5) is 7.00. The lowest BCUT2D eigenvalue weighted by Crippen LogP contribution is -2.46. The monoisotopic (exact) mass is 508 g/mol. The smallest absolute Gasteiger partial charge is 0.350 e. The van der Waals surface area contributed by atoms with E-state index in [0.29, 0.717) is 19.4 Å². The Morgan fingerprint density at radius 3 is 2.23 bits per heavy atom. The van der Waals surface area contributed by atoms with Crippen LogP contribution in [-0.4, -0.2) is 68.6 Å². The average Bonchev–Trinajstić information content (AvgIpc) is 2.59. The van der Waals surface area contributed by atoms with E-state index in [4.69, 9.17) is 4.99 Å². The summed E-state index contributed by atoms with van der Waals surface area (Å²) in [5, 5.41) is 3.33. The quantitative estimate of drug-likeness (QED) is 0.353. The molecule has 2 fully saturated rings. The first-order valence-electron chi connectivity index (χ1n) is 9.15. The maximum atomic E-state index is 12.6. The van der Waals surface area contributed by atoms with Gasteiger partial charge >= 0.3 is 5.76 Å². The minimum absolute atomic E-state index is 0. The molecule has 2 heterocycles. The van der Waals surface area contributed by atoms with Crippen molar-refractivity contribution in [3.63, 3.8) is 0 Å². The minimum atomic E-state index is -4.44. The number of guanidine groups is 1. The third-order valence-electron chi connectivity index (χ3n) is 5.08. The van der Waals surface area contributed by atoms with Gasteiger partial charge in [-0.2, -0.15) is 13.1 Å². The molecule has 0 spiro atoms. The number of sulfonamides is 1. The van der Waals surface area contributed by atoms with E-state index in [9.17, 15) is 17.2 Å². The molecule has 0 atom stereocenters. The van der Waals surface area contributed by atoms with Crippen LogP contribution in [0.15, 0.2) is 4.99 Å². The summed E-state index contributed by atoms with van der Waals surface area (Å²) in [6.45, 7) is 8.02. The molecule has 0 amide bonds. The molecular formula is C16H31F2IN4O2S. The fraction of sp³-hybridized carbons (Fsp3) is 0.938. The van der Waals surface area contributed by atoms with Crippen molar-refractivity contribution in [3.8, 4) is 0 Å². The van der Waals surface area contributed by atoms with E-state index in [2.05, 4.69) is 17.1 Å². The van der Waals surface area contributed by atoms with Crippen molar-refractivity contribution >= 4 is 40.0 Å². The van der Waals surface area contributed by atoms with Crippen molar-refractivity contribution in [2.24, 2.45) is 16.8 Å². The molecule has 0 aliphatic carbocycles. The molecule has 154 valence electrons. The lowest BCUT2D eigenvalue weighted by Gasteiger charge is -2.34.